The third-order valence-electron chi connectivity index (χ3n) is 2.25. The number of aliphatic hydroxyl groups is 1. The van der Waals surface area contributed by atoms with Crippen LogP contribution in [0.4, 0.5) is 0 Å². The molecule has 3 nitrogen and oxygen atoms in total. The van der Waals surface area contributed by atoms with Gasteiger partial charge in [0.2, 0.25) is 0 Å². The first-order valence-corrected chi connectivity index (χ1v) is 5.10. The van der Waals surface area contributed by atoms with Gasteiger partial charge in [0.1, 0.15) is 6.61 Å². The van der Waals surface area contributed by atoms with Crippen LogP contribution in [-0.4, -0.2) is 17.7 Å². The number of carbonyl (C=O) groups is 1. The van der Waals surface area contributed by atoms with E-state index >= 15 is 0 Å². The van der Waals surface area contributed by atoms with Gasteiger partial charge in [-0.15, -0.1) is 0 Å². The molecule has 1 rings (SSSR count). The second-order valence-corrected chi connectivity index (χ2v) is 3.79. The Morgan fingerprint density at radius 1 is 1.50 bits per heavy atom. The largest absolute Gasteiger partial charge is 0.461 e. The number of ether oxygens (including phenoxy) is 1. The SMILES string of the molecule is C=CCOC(=O)CC(C)(O)c1ccccc1. The van der Waals surface area contributed by atoms with Crippen LogP contribution >= 0.6 is 0 Å². The van der Waals surface area contributed by atoms with Crippen LogP contribution in [0.25, 0.3) is 0 Å². The molecule has 0 aliphatic heterocycles. The molecule has 0 spiro atoms. The van der Waals surface area contributed by atoms with Crippen LogP contribution in [0, 0.1) is 0 Å². The minimum Gasteiger partial charge on any atom is -0.461 e. The van der Waals surface area contributed by atoms with Crippen LogP contribution < -0.4 is 0 Å². The van der Waals surface area contributed by atoms with E-state index in [-0.39, 0.29) is 13.0 Å². The number of hydrogen-bond donors (Lipinski definition) is 1. The Morgan fingerprint density at radius 2 is 2.12 bits per heavy atom. The fourth-order valence-corrected chi connectivity index (χ4v) is 1.38. The van der Waals surface area contributed by atoms with Gasteiger partial charge in [-0.1, -0.05) is 43.0 Å². The summed E-state index contributed by atoms with van der Waals surface area (Å²) in [5.41, 5.74) is -0.495. The smallest absolute Gasteiger partial charge is 0.309 e. The van der Waals surface area contributed by atoms with Crippen molar-refractivity contribution >= 4 is 5.97 Å². The highest BCUT2D eigenvalue weighted by atomic mass is 16.5. The fourth-order valence-electron chi connectivity index (χ4n) is 1.38. The van der Waals surface area contributed by atoms with E-state index in [1.54, 1.807) is 19.1 Å². The first kappa shape index (κ1) is 12.5. The number of carbonyl (C=O) groups excluding carboxylic acids is 1. The van der Waals surface area contributed by atoms with Crippen LogP contribution in [-0.2, 0) is 15.1 Å². The molecular formula is C13H16O3. The van der Waals surface area contributed by atoms with E-state index in [1.165, 1.54) is 6.08 Å². The summed E-state index contributed by atoms with van der Waals surface area (Å²) in [4.78, 5) is 11.4. The quantitative estimate of drug-likeness (QED) is 0.610. The molecule has 0 radical (unpaired) electrons. The van der Waals surface area contributed by atoms with Crippen LogP contribution in [0.1, 0.15) is 18.9 Å². The van der Waals surface area contributed by atoms with Crippen molar-refractivity contribution < 1.29 is 14.6 Å². The Hall–Kier alpha value is -1.61. The van der Waals surface area contributed by atoms with Gasteiger partial charge in [-0.05, 0) is 12.5 Å². The van der Waals surface area contributed by atoms with Gasteiger partial charge in [-0.2, -0.15) is 0 Å². The summed E-state index contributed by atoms with van der Waals surface area (Å²) >= 11 is 0. The van der Waals surface area contributed by atoms with Gasteiger partial charge in [-0.25, -0.2) is 0 Å². The van der Waals surface area contributed by atoms with E-state index in [9.17, 15) is 9.90 Å². The molecule has 16 heavy (non-hydrogen) atoms. The van der Waals surface area contributed by atoms with Crippen molar-refractivity contribution in [1.82, 2.24) is 0 Å². The molecule has 1 aromatic rings. The Labute approximate surface area is 95.4 Å². The van der Waals surface area contributed by atoms with Crippen LogP contribution in [0.5, 0.6) is 0 Å². The molecule has 0 amide bonds. The Kier molecular flexibility index (Phi) is 4.26. The molecule has 0 bridgehead atoms. The average molecular weight is 220 g/mol. The maximum atomic E-state index is 11.4. The van der Waals surface area contributed by atoms with Crippen LogP contribution in [0.15, 0.2) is 43.0 Å². The van der Waals surface area contributed by atoms with E-state index in [0.717, 1.165) is 0 Å². The molecule has 1 atom stereocenters. The lowest BCUT2D eigenvalue weighted by molar-refractivity contribution is -0.147. The fraction of sp³-hybridized carbons (Fsp3) is 0.308. The highest BCUT2D eigenvalue weighted by Crippen LogP contribution is 2.24. The van der Waals surface area contributed by atoms with Crippen molar-refractivity contribution in [3.8, 4) is 0 Å². The van der Waals surface area contributed by atoms with Gasteiger partial charge in [0.25, 0.3) is 0 Å². The molecule has 1 unspecified atom stereocenters. The predicted octanol–water partition coefficient (Wildman–Crippen LogP) is 2.01. The third kappa shape index (κ3) is 3.51. The second kappa shape index (κ2) is 5.47. The molecule has 0 saturated heterocycles. The van der Waals surface area contributed by atoms with Crippen molar-refractivity contribution in [3.05, 3.63) is 48.6 Å². The minimum absolute atomic E-state index is 0.0646. The van der Waals surface area contributed by atoms with E-state index in [2.05, 4.69) is 6.58 Å². The monoisotopic (exact) mass is 220 g/mol. The zero-order chi connectivity index (χ0) is 12.0. The molecule has 0 saturated carbocycles. The molecule has 0 heterocycles. The first-order valence-electron chi connectivity index (χ1n) is 5.10. The Bertz CT molecular complexity index is 355. The number of hydrogen-bond acceptors (Lipinski definition) is 3. The normalized spacial score (nSPS) is 13.9. The summed E-state index contributed by atoms with van der Waals surface area (Å²) in [6, 6.07) is 9.05. The van der Waals surface area contributed by atoms with Crippen molar-refractivity contribution in [2.45, 2.75) is 18.9 Å². The molecule has 3 heteroatoms. The van der Waals surface area contributed by atoms with Gasteiger partial charge >= 0.3 is 5.97 Å². The first-order chi connectivity index (χ1) is 7.56. The van der Waals surface area contributed by atoms with Crippen molar-refractivity contribution in [3.63, 3.8) is 0 Å². The number of rotatable bonds is 5. The molecule has 0 aromatic heterocycles. The van der Waals surface area contributed by atoms with Gasteiger partial charge < -0.3 is 9.84 Å². The standard InChI is InChI=1S/C13H16O3/c1-3-9-16-12(14)10-13(2,15)11-7-5-4-6-8-11/h3-8,15H,1,9-10H2,2H3. The Balaban J connectivity index is 2.65. The second-order valence-electron chi connectivity index (χ2n) is 3.79. The third-order valence-corrected chi connectivity index (χ3v) is 2.25. The minimum atomic E-state index is -1.19. The van der Waals surface area contributed by atoms with E-state index in [0.29, 0.717) is 5.56 Å². The maximum absolute atomic E-state index is 11.4. The molecule has 0 aliphatic carbocycles. The molecule has 1 N–H and O–H groups in total. The van der Waals surface area contributed by atoms with Gasteiger partial charge in [0.15, 0.2) is 0 Å². The van der Waals surface area contributed by atoms with E-state index in [4.69, 9.17) is 4.74 Å². The zero-order valence-electron chi connectivity index (χ0n) is 9.35. The van der Waals surface area contributed by atoms with E-state index in [1.807, 2.05) is 18.2 Å². The summed E-state index contributed by atoms with van der Waals surface area (Å²) in [6.07, 6.45) is 1.43. The molecule has 1 aromatic carbocycles. The highest BCUT2D eigenvalue weighted by Gasteiger charge is 2.26. The molecule has 0 aliphatic rings. The summed E-state index contributed by atoms with van der Waals surface area (Å²) in [6.45, 7) is 5.21. The molecular weight excluding hydrogens is 204 g/mol. The van der Waals surface area contributed by atoms with Crippen molar-refractivity contribution in [2.75, 3.05) is 6.61 Å². The summed E-state index contributed by atoms with van der Waals surface area (Å²) in [7, 11) is 0. The Morgan fingerprint density at radius 3 is 2.69 bits per heavy atom. The predicted molar refractivity (Wildman–Crippen MR) is 61.8 cm³/mol. The summed E-state index contributed by atoms with van der Waals surface area (Å²) < 4.78 is 4.83. The maximum Gasteiger partial charge on any atom is 0.309 e. The molecule has 86 valence electrons. The lowest BCUT2D eigenvalue weighted by Gasteiger charge is -2.22. The lowest BCUT2D eigenvalue weighted by Crippen LogP contribution is -2.26. The summed E-state index contributed by atoms with van der Waals surface area (Å²) in [5, 5.41) is 10.1. The molecule has 0 fully saturated rings. The van der Waals surface area contributed by atoms with Crippen molar-refractivity contribution in [2.24, 2.45) is 0 Å². The average Bonchev–Trinajstić information content (AvgIpc) is 2.27. The number of benzene rings is 1. The van der Waals surface area contributed by atoms with Crippen LogP contribution in [0.3, 0.4) is 0 Å². The topological polar surface area (TPSA) is 46.5 Å². The van der Waals surface area contributed by atoms with Gasteiger partial charge in [0, 0.05) is 0 Å². The van der Waals surface area contributed by atoms with Crippen molar-refractivity contribution in [1.29, 1.82) is 0 Å². The highest BCUT2D eigenvalue weighted by molar-refractivity contribution is 5.71. The lowest BCUT2D eigenvalue weighted by atomic mass is 9.93. The van der Waals surface area contributed by atoms with E-state index < -0.39 is 11.6 Å². The zero-order valence-corrected chi connectivity index (χ0v) is 9.35. The van der Waals surface area contributed by atoms with Gasteiger partial charge in [-0.3, -0.25) is 4.79 Å². The van der Waals surface area contributed by atoms with Crippen LogP contribution in [0.2, 0.25) is 0 Å². The number of esters is 1. The summed E-state index contributed by atoms with van der Waals surface area (Å²) in [5.74, 6) is -0.436. The van der Waals surface area contributed by atoms with Gasteiger partial charge in [0.05, 0.1) is 12.0 Å².